The lowest BCUT2D eigenvalue weighted by molar-refractivity contribution is -0.134. The number of amides is 3. The second kappa shape index (κ2) is 9.30. The summed E-state index contributed by atoms with van der Waals surface area (Å²) in [5.41, 5.74) is 0.389. The lowest BCUT2D eigenvalue weighted by Crippen LogP contribution is -2.63. The molecule has 1 fully saturated rings. The van der Waals surface area contributed by atoms with Crippen molar-refractivity contribution in [3.05, 3.63) is 36.0 Å². The molecule has 172 valence electrons. The topological polar surface area (TPSA) is 95.9 Å². The zero-order valence-electron chi connectivity index (χ0n) is 18.7. The number of hydrogen-bond donors (Lipinski definition) is 2. The third-order valence-corrected chi connectivity index (χ3v) is 6.52. The first kappa shape index (κ1) is 22.3. The summed E-state index contributed by atoms with van der Waals surface area (Å²) >= 11 is 0. The van der Waals surface area contributed by atoms with Crippen LogP contribution in [0.3, 0.4) is 0 Å². The van der Waals surface area contributed by atoms with Gasteiger partial charge in [0.2, 0.25) is 11.8 Å². The van der Waals surface area contributed by atoms with Gasteiger partial charge in [-0.15, -0.1) is 0 Å². The van der Waals surface area contributed by atoms with E-state index in [1.54, 1.807) is 14.0 Å². The number of para-hydroxylation sites is 1. The fourth-order valence-corrected chi connectivity index (χ4v) is 4.36. The fourth-order valence-electron chi connectivity index (χ4n) is 4.36. The van der Waals surface area contributed by atoms with Crippen LogP contribution in [0.1, 0.15) is 23.8 Å². The molecule has 9 heteroatoms. The Morgan fingerprint density at radius 2 is 1.91 bits per heavy atom. The van der Waals surface area contributed by atoms with E-state index < -0.39 is 5.54 Å². The van der Waals surface area contributed by atoms with Crippen LogP contribution in [0.4, 0.5) is 0 Å². The van der Waals surface area contributed by atoms with Crippen LogP contribution in [-0.4, -0.2) is 90.6 Å². The Bertz CT molecular complexity index is 1010. The van der Waals surface area contributed by atoms with E-state index in [0.29, 0.717) is 18.8 Å². The Morgan fingerprint density at radius 3 is 2.69 bits per heavy atom. The minimum Gasteiger partial charge on any atom is -0.379 e. The highest BCUT2D eigenvalue weighted by molar-refractivity contribution is 6.03. The summed E-state index contributed by atoms with van der Waals surface area (Å²) < 4.78 is 7.22. The van der Waals surface area contributed by atoms with Gasteiger partial charge in [0.1, 0.15) is 11.2 Å². The van der Waals surface area contributed by atoms with E-state index in [1.807, 2.05) is 34.9 Å². The largest absolute Gasteiger partial charge is 0.379 e. The summed E-state index contributed by atoms with van der Waals surface area (Å²) in [6, 6.07) is 9.60. The highest BCUT2D eigenvalue weighted by Crippen LogP contribution is 2.31. The van der Waals surface area contributed by atoms with Crippen molar-refractivity contribution in [1.29, 1.82) is 0 Å². The van der Waals surface area contributed by atoms with Gasteiger partial charge in [0.25, 0.3) is 5.91 Å². The van der Waals surface area contributed by atoms with Crippen LogP contribution in [-0.2, 0) is 20.9 Å². The number of fused-ring (bicyclic) bond motifs is 3. The van der Waals surface area contributed by atoms with E-state index in [-0.39, 0.29) is 24.3 Å². The third kappa shape index (κ3) is 4.35. The van der Waals surface area contributed by atoms with E-state index in [0.717, 1.165) is 50.2 Å². The van der Waals surface area contributed by atoms with Crippen LogP contribution >= 0.6 is 0 Å². The molecule has 2 aliphatic heterocycles. The SMILES string of the molecule is CN1C(=O)c2cc3ccccc3n2CC1(C)C(=O)NCC(=O)NCCCN1CCOCC1. The summed E-state index contributed by atoms with van der Waals surface area (Å²) in [6.45, 7) is 6.77. The number of benzene rings is 1. The molecule has 0 aliphatic carbocycles. The molecule has 0 radical (unpaired) electrons. The number of carbonyl (C=O) groups excluding carboxylic acids is 3. The molecule has 1 atom stereocenters. The average Bonchev–Trinajstić information content (AvgIpc) is 3.18. The number of rotatable bonds is 7. The maximum absolute atomic E-state index is 13.1. The van der Waals surface area contributed by atoms with Crippen molar-refractivity contribution in [3.8, 4) is 0 Å². The Balaban J connectivity index is 1.31. The molecule has 1 aromatic heterocycles. The first-order chi connectivity index (χ1) is 15.4. The number of ether oxygens (including phenoxy) is 1. The van der Waals surface area contributed by atoms with Gasteiger partial charge < -0.3 is 24.8 Å². The standard InChI is InChI=1S/C23H31N5O4/c1-23(16-28-18-7-4-3-6-17(18)14-19(28)21(30)26(23)2)22(31)25-15-20(29)24-8-5-9-27-10-12-32-13-11-27/h3-4,6-7,14H,5,8-13,15-16H2,1-2H3,(H,24,29)(H,25,31). The number of carbonyl (C=O) groups is 3. The molecule has 1 aromatic carbocycles. The third-order valence-electron chi connectivity index (χ3n) is 6.52. The molecule has 32 heavy (non-hydrogen) atoms. The van der Waals surface area contributed by atoms with E-state index in [9.17, 15) is 14.4 Å². The number of morpholine rings is 1. The van der Waals surface area contributed by atoms with E-state index in [1.165, 1.54) is 4.90 Å². The van der Waals surface area contributed by atoms with Gasteiger partial charge in [-0.3, -0.25) is 19.3 Å². The smallest absolute Gasteiger partial charge is 0.271 e. The van der Waals surface area contributed by atoms with Crippen LogP contribution in [0, 0.1) is 0 Å². The molecule has 2 aliphatic rings. The van der Waals surface area contributed by atoms with E-state index in [2.05, 4.69) is 15.5 Å². The van der Waals surface area contributed by atoms with Gasteiger partial charge in [0.05, 0.1) is 26.3 Å². The maximum Gasteiger partial charge on any atom is 0.271 e. The van der Waals surface area contributed by atoms with Crippen molar-refractivity contribution in [2.24, 2.45) is 0 Å². The van der Waals surface area contributed by atoms with Crippen molar-refractivity contribution in [2.75, 3.05) is 53.0 Å². The van der Waals surface area contributed by atoms with Crippen molar-refractivity contribution in [2.45, 2.75) is 25.4 Å². The molecule has 1 unspecified atom stereocenters. The van der Waals surface area contributed by atoms with Crippen molar-refractivity contribution in [3.63, 3.8) is 0 Å². The number of nitrogens with one attached hydrogen (secondary N) is 2. The first-order valence-electron chi connectivity index (χ1n) is 11.1. The lowest BCUT2D eigenvalue weighted by Gasteiger charge is -2.41. The second-order valence-corrected chi connectivity index (χ2v) is 8.65. The lowest BCUT2D eigenvalue weighted by atomic mass is 9.95. The minimum absolute atomic E-state index is 0.118. The quantitative estimate of drug-likeness (QED) is 0.608. The summed E-state index contributed by atoms with van der Waals surface area (Å²) in [5.74, 6) is -0.793. The Hall–Kier alpha value is -2.91. The normalized spacial score (nSPS) is 21.4. The number of likely N-dealkylation sites (N-methyl/N-ethyl adjacent to an activating group) is 1. The van der Waals surface area contributed by atoms with Gasteiger partial charge in [-0.25, -0.2) is 0 Å². The Labute approximate surface area is 187 Å². The summed E-state index contributed by atoms with van der Waals surface area (Å²) in [7, 11) is 1.63. The van der Waals surface area contributed by atoms with Gasteiger partial charge in [-0.1, -0.05) is 18.2 Å². The summed E-state index contributed by atoms with van der Waals surface area (Å²) in [4.78, 5) is 42.1. The number of nitrogens with zero attached hydrogens (tertiary/aromatic N) is 3. The van der Waals surface area contributed by atoms with Crippen LogP contribution < -0.4 is 10.6 Å². The highest BCUT2D eigenvalue weighted by Gasteiger charge is 2.45. The number of hydrogen-bond acceptors (Lipinski definition) is 5. The Kier molecular flexibility index (Phi) is 6.48. The second-order valence-electron chi connectivity index (χ2n) is 8.65. The highest BCUT2D eigenvalue weighted by atomic mass is 16.5. The molecule has 2 aromatic rings. The maximum atomic E-state index is 13.1. The number of aromatic nitrogens is 1. The predicted molar refractivity (Wildman–Crippen MR) is 120 cm³/mol. The van der Waals surface area contributed by atoms with Crippen LogP contribution in [0.5, 0.6) is 0 Å². The molecule has 4 rings (SSSR count). The Morgan fingerprint density at radius 1 is 1.16 bits per heavy atom. The molecular formula is C23H31N5O4. The van der Waals surface area contributed by atoms with Gasteiger partial charge in [0.15, 0.2) is 0 Å². The molecule has 9 nitrogen and oxygen atoms in total. The average molecular weight is 442 g/mol. The summed E-state index contributed by atoms with van der Waals surface area (Å²) in [5, 5.41) is 6.53. The van der Waals surface area contributed by atoms with Gasteiger partial charge >= 0.3 is 0 Å². The van der Waals surface area contributed by atoms with Gasteiger partial charge in [-0.2, -0.15) is 0 Å². The van der Waals surface area contributed by atoms with Crippen molar-refractivity contribution in [1.82, 2.24) is 25.0 Å². The van der Waals surface area contributed by atoms with Crippen molar-refractivity contribution >= 4 is 28.6 Å². The van der Waals surface area contributed by atoms with E-state index >= 15 is 0 Å². The molecule has 3 heterocycles. The fraction of sp³-hybridized carbons (Fsp3) is 0.522. The molecule has 0 spiro atoms. The molecule has 1 saturated heterocycles. The minimum atomic E-state index is -1.09. The zero-order valence-corrected chi connectivity index (χ0v) is 18.7. The molecule has 2 N–H and O–H groups in total. The molecule has 0 bridgehead atoms. The van der Waals surface area contributed by atoms with Crippen LogP contribution in [0.15, 0.2) is 30.3 Å². The zero-order chi connectivity index (χ0) is 22.7. The first-order valence-corrected chi connectivity index (χ1v) is 11.1. The van der Waals surface area contributed by atoms with Crippen LogP contribution in [0.2, 0.25) is 0 Å². The predicted octanol–water partition coefficient (Wildman–Crippen LogP) is 0.440. The molecular weight excluding hydrogens is 410 g/mol. The van der Waals surface area contributed by atoms with Gasteiger partial charge in [0, 0.05) is 37.6 Å². The van der Waals surface area contributed by atoms with Gasteiger partial charge in [-0.05, 0) is 32.0 Å². The molecule has 0 saturated carbocycles. The van der Waals surface area contributed by atoms with Crippen molar-refractivity contribution < 1.29 is 19.1 Å². The van der Waals surface area contributed by atoms with Crippen LogP contribution in [0.25, 0.3) is 10.9 Å². The monoisotopic (exact) mass is 441 g/mol. The summed E-state index contributed by atoms with van der Waals surface area (Å²) in [6.07, 6.45) is 0.845. The molecule has 3 amide bonds. The van der Waals surface area contributed by atoms with E-state index in [4.69, 9.17) is 4.74 Å².